The van der Waals surface area contributed by atoms with Crippen LogP contribution in [0.15, 0.2) is 36.4 Å². The van der Waals surface area contributed by atoms with Gasteiger partial charge in [0.1, 0.15) is 11.6 Å². The van der Waals surface area contributed by atoms with Crippen molar-refractivity contribution in [2.75, 3.05) is 19.3 Å². The molecule has 1 N–H and O–H groups in total. The van der Waals surface area contributed by atoms with Crippen LogP contribution < -0.4 is 4.72 Å². The first-order valence-corrected chi connectivity index (χ1v) is 11.8. The zero-order valence-electron chi connectivity index (χ0n) is 16.9. The zero-order chi connectivity index (χ0) is 21.6. The number of nitrogens with one attached hydrogen (secondary N) is 1. The Morgan fingerprint density at radius 2 is 1.87 bits per heavy atom. The lowest BCUT2D eigenvalue weighted by Crippen LogP contribution is -2.38. The Morgan fingerprint density at radius 3 is 2.53 bits per heavy atom. The van der Waals surface area contributed by atoms with Crippen LogP contribution in [-0.2, 0) is 14.8 Å². The lowest BCUT2D eigenvalue weighted by atomic mass is 9.93. The molecule has 0 radical (unpaired) electrons. The molecule has 2 aliphatic rings. The molecule has 1 aliphatic heterocycles. The van der Waals surface area contributed by atoms with E-state index < -0.39 is 21.7 Å². The predicted molar refractivity (Wildman–Crippen MR) is 110 cm³/mol. The Balaban J connectivity index is 1.54. The van der Waals surface area contributed by atoms with Crippen molar-refractivity contribution in [3.8, 4) is 11.1 Å². The number of likely N-dealkylation sites (tertiary alicyclic amines) is 1. The molecular formula is C22H24F2N2O3S. The molecule has 1 amide bonds. The average molecular weight is 435 g/mol. The smallest absolute Gasteiger partial charge is 0.226 e. The number of amides is 1. The number of carbonyl (C=O) groups is 1. The van der Waals surface area contributed by atoms with Crippen molar-refractivity contribution < 1.29 is 22.0 Å². The third kappa shape index (κ3) is 4.25. The lowest BCUT2D eigenvalue weighted by molar-refractivity contribution is -0.131. The normalized spacial score (nSPS) is 23.6. The van der Waals surface area contributed by atoms with Crippen LogP contribution in [0.2, 0.25) is 0 Å². The SMILES string of the molecule is Cc1ccc(C2CC2C(=O)N2CCC(NS(C)(=O)=O)C2)c(-c2c(F)cccc2F)c1. The summed E-state index contributed by atoms with van der Waals surface area (Å²) >= 11 is 0. The number of carbonyl (C=O) groups excluding carboxylic acids is 1. The molecule has 1 saturated carbocycles. The van der Waals surface area contributed by atoms with Crippen molar-refractivity contribution in [3.05, 3.63) is 59.2 Å². The number of nitrogens with zero attached hydrogens (tertiary/aromatic N) is 1. The second kappa shape index (κ2) is 7.74. The van der Waals surface area contributed by atoms with Crippen LogP contribution in [0.25, 0.3) is 11.1 Å². The van der Waals surface area contributed by atoms with E-state index >= 15 is 0 Å². The first kappa shape index (κ1) is 20.9. The third-order valence-corrected chi connectivity index (χ3v) is 6.59. The van der Waals surface area contributed by atoms with Crippen LogP contribution in [0.5, 0.6) is 0 Å². The van der Waals surface area contributed by atoms with E-state index in [1.807, 2.05) is 19.1 Å². The average Bonchev–Trinajstić information content (AvgIpc) is 3.31. The minimum Gasteiger partial charge on any atom is -0.341 e. The van der Waals surface area contributed by atoms with Crippen LogP contribution in [-0.4, -0.2) is 44.6 Å². The number of aryl methyl sites for hydroxylation is 1. The summed E-state index contributed by atoms with van der Waals surface area (Å²) in [6.07, 6.45) is 2.30. The van der Waals surface area contributed by atoms with Crippen molar-refractivity contribution in [3.63, 3.8) is 0 Å². The quantitative estimate of drug-likeness (QED) is 0.786. The van der Waals surface area contributed by atoms with Crippen LogP contribution in [0, 0.1) is 24.5 Å². The molecule has 1 aliphatic carbocycles. The fourth-order valence-electron chi connectivity index (χ4n) is 4.37. The molecule has 2 fully saturated rings. The Kier molecular flexibility index (Phi) is 5.40. The molecule has 8 heteroatoms. The standard InChI is InChI=1S/C22H24F2N2O3S/c1-13-6-7-15(17(10-13)21-19(23)4-3-5-20(21)24)16-11-18(16)22(27)26-9-8-14(12-26)25-30(2,28)29/h3-7,10,14,16,18,25H,8-9,11-12H2,1-2H3. The fourth-order valence-corrected chi connectivity index (χ4v) is 5.17. The maximum Gasteiger partial charge on any atom is 0.226 e. The van der Waals surface area contributed by atoms with Crippen LogP contribution >= 0.6 is 0 Å². The lowest BCUT2D eigenvalue weighted by Gasteiger charge is -2.18. The Morgan fingerprint density at radius 1 is 1.17 bits per heavy atom. The Labute approximate surface area is 175 Å². The van der Waals surface area contributed by atoms with Gasteiger partial charge in [-0.3, -0.25) is 4.79 Å². The van der Waals surface area contributed by atoms with E-state index in [1.54, 1.807) is 11.0 Å². The third-order valence-electron chi connectivity index (χ3n) is 5.83. The first-order chi connectivity index (χ1) is 14.1. The molecule has 2 aromatic carbocycles. The summed E-state index contributed by atoms with van der Waals surface area (Å²) in [5.41, 5.74) is 2.08. The molecule has 0 spiro atoms. The number of benzene rings is 2. The van der Waals surface area contributed by atoms with Crippen LogP contribution in [0.3, 0.4) is 0 Å². The van der Waals surface area contributed by atoms with Gasteiger partial charge < -0.3 is 4.90 Å². The molecular weight excluding hydrogens is 410 g/mol. The largest absolute Gasteiger partial charge is 0.341 e. The minimum atomic E-state index is -3.32. The summed E-state index contributed by atoms with van der Waals surface area (Å²) in [7, 11) is -3.32. The van der Waals surface area contributed by atoms with Gasteiger partial charge in [-0.2, -0.15) is 0 Å². The van der Waals surface area contributed by atoms with E-state index in [9.17, 15) is 22.0 Å². The van der Waals surface area contributed by atoms with Gasteiger partial charge in [0.2, 0.25) is 15.9 Å². The van der Waals surface area contributed by atoms with Crippen molar-refractivity contribution in [2.24, 2.45) is 5.92 Å². The van der Waals surface area contributed by atoms with E-state index in [-0.39, 0.29) is 29.3 Å². The number of sulfonamides is 1. The van der Waals surface area contributed by atoms with E-state index in [4.69, 9.17) is 0 Å². The Bertz CT molecular complexity index is 1080. The number of halogens is 2. The van der Waals surface area contributed by atoms with Gasteiger partial charge >= 0.3 is 0 Å². The van der Waals surface area contributed by atoms with Gasteiger partial charge in [0.25, 0.3) is 0 Å². The van der Waals surface area contributed by atoms with Crippen LogP contribution in [0.4, 0.5) is 8.78 Å². The van der Waals surface area contributed by atoms with Gasteiger partial charge in [0.15, 0.2) is 0 Å². The first-order valence-electron chi connectivity index (χ1n) is 9.95. The Hall–Kier alpha value is -2.32. The molecule has 1 saturated heterocycles. The maximum atomic E-state index is 14.4. The monoisotopic (exact) mass is 434 g/mol. The molecule has 160 valence electrons. The fraction of sp³-hybridized carbons (Fsp3) is 0.409. The predicted octanol–water partition coefficient (Wildman–Crippen LogP) is 3.19. The highest BCUT2D eigenvalue weighted by molar-refractivity contribution is 7.88. The highest BCUT2D eigenvalue weighted by Crippen LogP contribution is 2.52. The van der Waals surface area contributed by atoms with E-state index in [1.165, 1.54) is 18.2 Å². The molecule has 3 unspecified atom stereocenters. The van der Waals surface area contributed by atoms with E-state index in [2.05, 4.69) is 4.72 Å². The topological polar surface area (TPSA) is 66.5 Å². The second-order valence-corrected chi connectivity index (χ2v) is 10.1. The van der Waals surface area contributed by atoms with Crippen LogP contribution in [0.1, 0.15) is 29.9 Å². The second-order valence-electron chi connectivity index (χ2n) is 8.30. The number of rotatable bonds is 5. The summed E-state index contributed by atoms with van der Waals surface area (Å²) in [6.45, 7) is 2.70. The summed E-state index contributed by atoms with van der Waals surface area (Å²) in [4.78, 5) is 14.6. The van der Waals surface area contributed by atoms with E-state index in [0.717, 1.165) is 17.4 Å². The highest BCUT2D eigenvalue weighted by atomic mass is 32.2. The van der Waals surface area contributed by atoms with Gasteiger partial charge in [-0.1, -0.05) is 29.8 Å². The summed E-state index contributed by atoms with van der Waals surface area (Å²) in [6, 6.07) is 9.04. The number of hydrogen-bond donors (Lipinski definition) is 1. The molecule has 2 aromatic rings. The maximum absolute atomic E-state index is 14.4. The van der Waals surface area contributed by atoms with Crippen molar-refractivity contribution >= 4 is 15.9 Å². The molecule has 0 aromatic heterocycles. The molecule has 4 rings (SSSR count). The molecule has 0 bridgehead atoms. The van der Waals surface area contributed by atoms with Crippen molar-refractivity contribution in [1.82, 2.24) is 9.62 Å². The van der Waals surface area contributed by atoms with Gasteiger partial charge in [0, 0.05) is 25.0 Å². The van der Waals surface area contributed by atoms with Gasteiger partial charge in [-0.05, 0) is 48.9 Å². The molecule has 1 heterocycles. The molecule has 3 atom stereocenters. The molecule has 30 heavy (non-hydrogen) atoms. The summed E-state index contributed by atoms with van der Waals surface area (Å²) in [5, 5.41) is 0. The highest BCUT2D eigenvalue weighted by Gasteiger charge is 2.48. The van der Waals surface area contributed by atoms with Crippen molar-refractivity contribution in [2.45, 2.75) is 31.7 Å². The zero-order valence-corrected chi connectivity index (χ0v) is 17.7. The summed E-state index contributed by atoms with van der Waals surface area (Å²) < 4.78 is 54.3. The van der Waals surface area contributed by atoms with Gasteiger partial charge in [-0.15, -0.1) is 0 Å². The van der Waals surface area contributed by atoms with E-state index in [0.29, 0.717) is 31.5 Å². The minimum absolute atomic E-state index is 0.0293. The van der Waals surface area contributed by atoms with Gasteiger partial charge in [0.05, 0.1) is 11.8 Å². The van der Waals surface area contributed by atoms with Crippen molar-refractivity contribution in [1.29, 1.82) is 0 Å². The summed E-state index contributed by atoms with van der Waals surface area (Å²) in [5.74, 6) is -1.63. The molecule has 5 nitrogen and oxygen atoms in total. The number of hydrogen-bond acceptors (Lipinski definition) is 3. The van der Waals surface area contributed by atoms with Gasteiger partial charge in [-0.25, -0.2) is 21.9 Å².